The lowest BCUT2D eigenvalue weighted by Crippen LogP contribution is -2.35. The number of ether oxygens (including phenoxy) is 1. The van der Waals surface area contributed by atoms with Crippen molar-refractivity contribution >= 4 is 15.7 Å². The smallest absolute Gasteiger partial charge is 0.381 e. The van der Waals surface area contributed by atoms with Gasteiger partial charge in [0.2, 0.25) is 0 Å². The van der Waals surface area contributed by atoms with Crippen molar-refractivity contribution in [3.05, 3.63) is 42.1 Å². The van der Waals surface area contributed by atoms with Gasteiger partial charge in [0.25, 0.3) is 10.0 Å². The number of sulfonamides is 1. The number of imidazole rings is 1. The van der Waals surface area contributed by atoms with Gasteiger partial charge in [-0.3, -0.25) is 0 Å². The Morgan fingerprint density at radius 3 is 2.65 bits per heavy atom. The SMILES string of the molecule is Cn1cnc(S(=O)(=O)N2CC(Nc3ccc(F)c(C(F)(F)F)c3)C(C3CCCO3)C2)c1. The van der Waals surface area contributed by atoms with Crippen molar-refractivity contribution in [2.45, 2.75) is 36.2 Å². The van der Waals surface area contributed by atoms with Crippen LogP contribution in [-0.2, 0) is 28.0 Å². The zero-order valence-corrected chi connectivity index (χ0v) is 17.5. The number of nitrogens with zero attached hydrogens (tertiary/aromatic N) is 3. The maximum atomic E-state index is 13.6. The van der Waals surface area contributed by atoms with Gasteiger partial charge < -0.3 is 14.6 Å². The molecule has 3 atom stereocenters. The van der Waals surface area contributed by atoms with Crippen LogP contribution in [0.3, 0.4) is 0 Å². The van der Waals surface area contributed by atoms with Crippen LogP contribution in [0.4, 0.5) is 23.2 Å². The molecule has 170 valence electrons. The molecule has 31 heavy (non-hydrogen) atoms. The van der Waals surface area contributed by atoms with E-state index in [-0.39, 0.29) is 35.8 Å². The molecule has 1 aromatic carbocycles. The van der Waals surface area contributed by atoms with Gasteiger partial charge in [-0.05, 0) is 31.0 Å². The molecule has 0 saturated carbocycles. The summed E-state index contributed by atoms with van der Waals surface area (Å²) in [6.07, 6.45) is -0.711. The molecule has 2 aromatic rings. The highest BCUT2D eigenvalue weighted by Crippen LogP contribution is 2.36. The summed E-state index contributed by atoms with van der Waals surface area (Å²) in [5.41, 5.74) is -1.30. The van der Waals surface area contributed by atoms with E-state index in [1.54, 1.807) is 7.05 Å². The van der Waals surface area contributed by atoms with E-state index >= 15 is 0 Å². The Bertz CT molecular complexity index is 1050. The molecule has 2 saturated heterocycles. The van der Waals surface area contributed by atoms with Gasteiger partial charge in [0.05, 0.1) is 18.0 Å². The van der Waals surface area contributed by atoms with Gasteiger partial charge in [0.1, 0.15) is 5.82 Å². The van der Waals surface area contributed by atoms with Crippen LogP contribution in [0, 0.1) is 11.7 Å². The molecule has 12 heteroatoms. The molecule has 4 rings (SSSR count). The molecule has 3 heterocycles. The van der Waals surface area contributed by atoms with E-state index in [0.717, 1.165) is 18.9 Å². The largest absolute Gasteiger partial charge is 0.419 e. The van der Waals surface area contributed by atoms with Gasteiger partial charge in [0.15, 0.2) is 5.03 Å². The quantitative estimate of drug-likeness (QED) is 0.692. The number of benzene rings is 1. The molecule has 0 bridgehead atoms. The molecule has 7 nitrogen and oxygen atoms in total. The first-order valence-electron chi connectivity index (χ1n) is 9.79. The Kier molecular flexibility index (Phi) is 5.73. The summed E-state index contributed by atoms with van der Waals surface area (Å²) >= 11 is 0. The minimum atomic E-state index is -4.83. The van der Waals surface area contributed by atoms with E-state index < -0.39 is 33.6 Å². The Labute approximate surface area is 177 Å². The number of hydrogen-bond donors (Lipinski definition) is 1. The third-order valence-corrected chi connectivity index (χ3v) is 7.40. The van der Waals surface area contributed by atoms with Crippen molar-refractivity contribution in [1.82, 2.24) is 13.9 Å². The average molecular weight is 462 g/mol. The first-order chi connectivity index (χ1) is 14.6. The van der Waals surface area contributed by atoms with E-state index in [1.807, 2.05) is 0 Å². The number of aromatic nitrogens is 2. The summed E-state index contributed by atoms with van der Waals surface area (Å²) in [5, 5.41) is 2.89. The molecular formula is C19H22F4N4O3S. The zero-order valence-electron chi connectivity index (χ0n) is 16.6. The number of nitrogens with one attached hydrogen (secondary N) is 1. The zero-order chi connectivity index (χ0) is 22.4. The number of rotatable bonds is 5. The predicted octanol–water partition coefficient (Wildman–Crippen LogP) is 2.86. The normalized spacial score (nSPS) is 25.3. The van der Waals surface area contributed by atoms with E-state index in [2.05, 4.69) is 10.3 Å². The second-order valence-corrected chi connectivity index (χ2v) is 9.74. The molecule has 0 aliphatic carbocycles. The Hall–Kier alpha value is -2.18. The van der Waals surface area contributed by atoms with Gasteiger partial charge in [-0.1, -0.05) is 0 Å². The van der Waals surface area contributed by atoms with Crippen molar-refractivity contribution in [3.8, 4) is 0 Å². The molecule has 0 spiro atoms. The lowest BCUT2D eigenvalue weighted by atomic mass is 9.94. The Morgan fingerprint density at radius 2 is 2.03 bits per heavy atom. The van der Waals surface area contributed by atoms with Crippen molar-refractivity contribution in [1.29, 1.82) is 0 Å². The number of halogens is 4. The summed E-state index contributed by atoms with van der Waals surface area (Å²) in [5.74, 6) is -1.64. The molecule has 0 amide bonds. The maximum Gasteiger partial charge on any atom is 0.419 e. The monoisotopic (exact) mass is 462 g/mol. The second-order valence-electron chi connectivity index (χ2n) is 7.86. The van der Waals surface area contributed by atoms with E-state index in [0.29, 0.717) is 12.7 Å². The van der Waals surface area contributed by atoms with Crippen molar-refractivity contribution in [3.63, 3.8) is 0 Å². The minimum Gasteiger partial charge on any atom is -0.381 e. The second kappa shape index (κ2) is 8.06. The number of aryl methyl sites for hydroxylation is 1. The number of anilines is 1. The van der Waals surface area contributed by atoms with Crippen LogP contribution in [0.15, 0.2) is 35.7 Å². The fourth-order valence-corrected chi connectivity index (χ4v) is 5.63. The van der Waals surface area contributed by atoms with Crippen molar-refractivity contribution in [2.24, 2.45) is 13.0 Å². The van der Waals surface area contributed by atoms with Gasteiger partial charge >= 0.3 is 6.18 Å². The third-order valence-electron chi connectivity index (χ3n) is 5.68. The summed E-state index contributed by atoms with van der Waals surface area (Å²) in [7, 11) is -2.22. The third kappa shape index (κ3) is 4.41. The Balaban J connectivity index is 1.61. The van der Waals surface area contributed by atoms with E-state index in [4.69, 9.17) is 4.74 Å². The first kappa shape index (κ1) is 22.0. The molecule has 1 aromatic heterocycles. The lowest BCUT2D eigenvalue weighted by molar-refractivity contribution is -0.139. The van der Waals surface area contributed by atoms with E-state index in [9.17, 15) is 26.0 Å². The van der Waals surface area contributed by atoms with Crippen LogP contribution in [0.25, 0.3) is 0 Å². The molecule has 2 aliphatic heterocycles. The molecule has 2 aliphatic rings. The highest BCUT2D eigenvalue weighted by atomic mass is 32.2. The summed E-state index contributed by atoms with van der Waals surface area (Å²) < 4.78 is 87.5. The number of alkyl halides is 3. The molecule has 1 N–H and O–H groups in total. The highest BCUT2D eigenvalue weighted by Gasteiger charge is 2.45. The summed E-state index contributed by atoms with van der Waals surface area (Å²) in [6.45, 7) is 0.729. The standard InChI is InChI=1S/C19H22F4N4O3S/c1-26-10-18(24-11-26)31(28,29)27-8-13(17-3-2-6-30-17)16(9-27)25-12-4-5-15(20)14(7-12)19(21,22)23/h4-5,7,10-11,13,16-17,25H,2-3,6,8-9H2,1H3. The fourth-order valence-electron chi connectivity index (χ4n) is 4.16. The van der Waals surface area contributed by atoms with Crippen LogP contribution in [0.2, 0.25) is 0 Å². The maximum absolute atomic E-state index is 13.6. The highest BCUT2D eigenvalue weighted by molar-refractivity contribution is 7.89. The molecule has 3 unspecified atom stereocenters. The topological polar surface area (TPSA) is 76.5 Å². The van der Waals surface area contributed by atoms with Crippen LogP contribution < -0.4 is 5.32 Å². The molecule has 0 radical (unpaired) electrons. The summed E-state index contributed by atoms with van der Waals surface area (Å²) in [6, 6.07) is 2.17. The fraction of sp³-hybridized carbons (Fsp3) is 0.526. The minimum absolute atomic E-state index is 0.0299. The van der Waals surface area contributed by atoms with Crippen LogP contribution in [-0.4, -0.2) is 54.1 Å². The van der Waals surface area contributed by atoms with Gasteiger partial charge in [-0.2, -0.15) is 17.5 Å². The van der Waals surface area contributed by atoms with Gasteiger partial charge in [0, 0.05) is 50.6 Å². The Morgan fingerprint density at radius 1 is 1.26 bits per heavy atom. The predicted molar refractivity (Wildman–Crippen MR) is 103 cm³/mol. The number of hydrogen-bond acceptors (Lipinski definition) is 5. The van der Waals surface area contributed by atoms with E-state index in [1.165, 1.54) is 27.5 Å². The summed E-state index contributed by atoms with van der Waals surface area (Å²) in [4.78, 5) is 3.93. The van der Waals surface area contributed by atoms with Crippen LogP contribution in [0.1, 0.15) is 18.4 Å². The lowest BCUT2D eigenvalue weighted by Gasteiger charge is -2.25. The van der Waals surface area contributed by atoms with Crippen molar-refractivity contribution < 1.29 is 30.7 Å². The molecule has 2 fully saturated rings. The molecular weight excluding hydrogens is 440 g/mol. The van der Waals surface area contributed by atoms with Crippen molar-refractivity contribution in [2.75, 3.05) is 25.0 Å². The van der Waals surface area contributed by atoms with Gasteiger partial charge in [-0.15, -0.1) is 0 Å². The average Bonchev–Trinajstić information content (AvgIpc) is 3.42. The first-order valence-corrected chi connectivity index (χ1v) is 11.2. The van der Waals surface area contributed by atoms with Gasteiger partial charge in [-0.25, -0.2) is 17.8 Å². The van der Waals surface area contributed by atoms with Crippen LogP contribution >= 0.6 is 0 Å². The van der Waals surface area contributed by atoms with Crippen LogP contribution in [0.5, 0.6) is 0 Å².